The molecule has 4 nitrogen and oxygen atoms in total. The van der Waals surface area contributed by atoms with Crippen molar-refractivity contribution in [1.82, 2.24) is 4.98 Å². The van der Waals surface area contributed by atoms with Crippen molar-refractivity contribution in [3.05, 3.63) is 36.0 Å². The van der Waals surface area contributed by atoms with Gasteiger partial charge in [-0.05, 0) is 18.9 Å². The normalized spacial score (nSPS) is 14.7. The zero-order valence-corrected chi connectivity index (χ0v) is 10.4. The summed E-state index contributed by atoms with van der Waals surface area (Å²) in [5.41, 5.74) is 8.39. The average Bonchev–Trinajstić information content (AvgIpc) is 3.20. The summed E-state index contributed by atoms with van der Waals surface area (Å²) in [7, 11) is 2.08. The Hall–Kier alpha value is -2.10. The number of amidine groups is 1. The van der Waals surface area contributed by atoms with E-state index < -0.39 is 0 Å². The van der Waals surface area contributed by atoms with Gasteiger partial charge in [-0.2, -0.15) is 0 Å². The maximum absolute atomic E-state index is 7.72. The molecule has 18 heavy (non-hydrogen) atoms. The van der Waals surface area contributed by atoms with Crippen LogP contribution >= 0.6 is 0 Å². The third-order valence-electron chi connectivity index (χ3n) is 3.48. The lowest BCUT2D eigenvalue weighted by Crippen LogP contribution is -2.24. The molecule has 4 heteroatoms. The minimum absolute atomic E-state index is 0.0794. The number of rotatable bonds is 3. The number of benzene rings is 1. The summed E-state index contributed by atoms with van der Waals surface area (Å²) >= 11 is 0. The minimum atomic E-state index is 0.0794. The first-order valence-electron chi connectivity index (χ1n) is 6.13. The van der Waals surface area contributed by atoms with Crippen molar-refractivity contribution < 1.29 is 0 Å². The number of anilines is 1. The van der Waals surface area contributed by atoms with Crippen molar-refractivity contribution in [2.75, 3.05) is 11.9 Å². The molecule has 0 aliphatic heterocycles. The number of fused-ring (bicyclic) bond motifs is 1. The van der Waals surface area contributed by atoms with Crippen LogP contribution in [0.2, 0.25) is 0 Å². The second-order valence-corrected chi connectivity index (χ2v) is 4.79. The van der Waals surface area contributed by atoms with E-state index in [2.05, 4.69) is 16.9 Å². The van der Waals surface area contributed by atoms with Gasteiger partial charge in [-0.15, -0.1) is 0 Å². The van der Waals surface area contributed by atoms with E-state index in [0.717, 1.165) is 22.2 Å². The third-order valence-corrected chi connectivity index (χ3v) is 3.48. The predicted octanol–water partition coefficient (Wildman–Crippen LogP) is 2.12. The molecule has 2 aromatic rings. The number of nitrogens with one attached hydrogen (secondary N) is 1. The Labute approximate surface area is 106 Å². The van der Waals surface area contributed by atoms with Crippen LogP contribution in [0.15, 0.2) is 30.5 Å². The fraction of sp³-hybridized carbons (Fsp3) is 0.286. The Morgan fingerprint density at radius 2 is 2.11 bits per heavy atom. The van der Waals surface area contributed by atoms with E-state index in [9.17, 15) is 0 Å². The fourth-order valence-electron chi connectivity index (χ4n) is 2.35. The van der Waals surface area contributed by atoms with E-state index in [4.69, 9.17) is 11.1 Å². The second kappa shape index (κ2) is 3.98. The smallest absolute Gasteiger partial charge is 0.126 e. The number of aromatic nitrogens is 1. The molecule has 3 N–H and O–H groups in total. The molecule has 1 saturated carbocycles. The quantitative estimate of drug-likeness (QED) is 0.638. The predicted molar refractivity (Wildman–Crippen MR) is 74.2 cm³/mol. The van der Waals surface area contributed by atoms with Gasteiger partial charge in [0.25, 0.3) is 0 Å². The van der Waals surface area contributed by atoms with Crippen molar-refractivity contribution in [1.29, 1.82) is 5.41 Å². The molecule has 1 aliphatic carbocycles. The Morgan fingerprint density at radius 3 is 2.78 bits per heavy atom. The Balaban J connectivity index is 2.27. The molecule has 1 aromatic heterocycles. The lowest BCUT2D eigenvalue weighted by molar-refractivity contribution is 0.919. The number of pyridine rings is 1. The van der Waals surface area contributed by atoms with Crippen LogP contribution in [-0.4, -0.2) is 23.9 Å². The summed E-state index contributed by atoms with van der Waals surface area (Å²) in [5, 5.41) is 8.79. The van der Waals surface area contributed by atoms with E-state index >= 15 is 0 Å². The van der Waals surface area contributed by atoms with Crippen LogP contribution in [0, 0.1) is 5.41 Å². The summed E-state index contributed by atoms with van der Waals surface area (Å²) < 4.78 is 0. The molecular weight excluding hydrogens is 224 g/mol. The molecule has 92 valence electrons. The minimum Gasteiger partial charge on any atom is -0.384 e. The number of nitrogens with two attached hydrogens (primary N) is 1. The van der Waals surface area contributed by atoms with Crippen LogP contribution < -0.4 is 10.6 Å². The van der Waals surface area contributed by atoms with Crippen LogP contribution in [-0.2, 0) is 0 Å². The van der Waals surface area contributed by atoms with Crippen LogP contribution in [0.5, 0.6) is 0 Å². The van der Waals surface area contributed by atoms with Crippen molar-refractivity contribution >= 4 is 22.4 Å². The van der Waals surface area contributed by atoms with Gasteiger partial charge in [-0.25, -0.2) is 0 Å². The largest absolute Gasteiger partial charge is 0.384 e. The first kappa shape index (κ1) is 11.0. The maximum Gasteiger partial charge on any atom is 0.126 e. The highest BCUT2D eigenvalue weighted by atomic mass is 15.2. The monoisotopic (exact) mass is 240 g/mol. The van der Waals surface area contributed by atoms with Crippen molar-refractivity contribution in [2.24, 2.45) is 5.73 Å². The SMILES string of the molecule is CN(c1c(C(=N)N)cnc2ccccc12)C1CC1. The lowest BCUT2D eigenvalue weighted by Gasteiger charge is -2.23. The van der Waals surface area contributed by atoms with Gasteiger partial charge in [-0.3, -0.25) is 10.4 Å². The second-order valence-electron chi connectivity index (χ2n) is 4.79. The van der Waals surface area contributed by atoms with Crippen LogP contribution in [0.4, 0.5) is 5.69 Å². The van der Waals surface area contributed by atoms with Crippen LogP contribution in [0.25, 0.3) is 10.9 Å². The molecule has 0 atom stereocenters. The van der Waals surface area contributed by atoms with E-state index in [1.54, 1.807) is 6.20 Å². The molecule has 0 bridgehead atoms. The zero-order chi connectivity index (χ0) is 12.7. The molecule has 0 amide bonds. The molecule has 1 aliphatic rings. The summed E-state index contributed by atoms with van der Waals surface area (Å²) in [4.78, 5) is 6.61. The van der Waals surface area contributed by atoms with E-state index in [1.165, 1.54) is 12.8 Å². The van der Waals surface area contributed by atoms with Crippen molar-refractivity contribution in [2.45, 2.75) is 18.9 Å². The van der Waals surface area contributed by atoms with E-state index in [0.29, 0.717) is 6.04 Å². The maximum atomic E-state index is 7.72. The van der Waals surface area contributed by atoms with Gasteiger partial charge >= 0.3 is 0 Å². The molecule has 0 spiro atoms. The number of para-hydroxylation sites is 1. The van der Waals surface area contributed by atoms with Crippen molar-refractivity contribution in [3.63, 3.8) is 0 Å². The topological polar surface area (TPSA) is 66.0 Å². The van der Waals surface area contributed by atoms with Crippen LogP contribution in [0.3, 0.4) is 0 Å². The number of hydrogen-bond donors (Lipinski definition) is 2. The average molecular weight is 240 g/mol. The first-order chi connectivity index (χ1) is 8.68. The highest BCUT2D eigenvalue weighted by Crippen LogP contribution is 2.36. The van der Waals surface area contributed by atoms with Gasteiger partial charge in [0.05, 0.1) is 16.8 Å². The highest BCUT2D eigenvalue weighted by Gasteiger charge is 2.29. The fourth-order valence-corrected chi connectivity index (χ4v) is 2.35. The molecule has 0 radical (unpaired) electrons. The van der Waals surface area contributed by atoms with Gasteiger partial charge in [0.1, 0.15) is 5.84 Å². The Kier molecular flexibility index (Phi) is 2.44. The van der Waals surface area contributed by atoms with E-state index in [-0.39, 0.29) is 5.84 Å². The van der Waals surface area contributed by atoms with E-state index in [1.807, 2.05) is 24.3 Å². The summed E-state index contributed by atoms with van der Waals surface area (Å²) in [6.45, 7) is 0. The Morgan fingerprint density at radius 1 is 1.39 bits per heavy atom. The Bertz CT molecular complexity index is 616. The van der Waals surface area contributed by atoms with Gasteiger partial charge in [0, 0.05) is 24.7 Å². The van der Waals surface area contributed by atoms with Gasteiger partial charge < -0.3 is 10.6 Å². The molecule has 3 rings (SSSR count). The standard InChI is InChI=1S/C14H16N4/c1-18(9-6-7-9)13-10-4-2-3-5-12(10)17-8-11(13)14(15)16/h2-5,8-9H,6-7H2,1H3,(H3,15,16). The third kappa shape index (κ3) is 1.70. The van der Waals surface area contributed by atoms with Crippen molar-refractivity contribution in [3.8, 4) is 0 Å². The zero-order valence-electron chi connectivity index (χ0n) is 10.4. The molecule has 1 fully saturated rings. The lowest BCUT2D eigenvalue weighted by atomic mass is 10.1. The van der Waals surface area contributed by atoms with Crippen LogP contribution in [0.1, 0.15) is 18.4 Å². The molecule has 0 unspecified atom stereocenters. The molecular formula is C14H16N4. The molecule has 1 heterocycles. The summed E-state index contributed by atoms with van der Waals surface area (Å²) in [5.74, 6) is 0.0794. The number of nitrogen functional groups attached to an aromatic ring is 1. The van der Waals surface area contributed by atoms with Gasteiger partial charge in [0.15, 0.2) is 0 Å². The van der Waals surface area contributed by atoms with Gasteiger partial charge in [0.2, 0.25) is 0 Å². The number of nitrogens with zero attached hydrogens (tertiary/aromatic N) is 2. The highest BCUT2D eigenvalue weighted by molar-refractivity contribution is 6.07. The first-order valence-corrected chi connectivity index (χ1v) is 6.13. The molecule has 0 saturated heterocycles. The summed E-state index contributed by atoms with van der Waals surface area (Å²) in [6.07, 6.45) is 4.13. The molecule has 1 aromatic carbocycles. The number of hydrogen-bond acceptors (Lipinski definition) is 3. The van der Waals surface area contributed by atoms with Gasteiger partial charge in [-0.1, -0.05) is 18.2 Å². The summed E-state index contributed by atoms with van der Waals surface area (Å²) in [6, 6.07) is 8.59.